The Kier molecular flexibility index (Phi) is 4.11. The number of aliphatic hydroxyl groups excluding tert-OH is 1. The van der Waals surface area contributed by atoms with Gasteiger partial charge in [-0.3, -0.25) is 5.10 Å². The lowest BCUT2D eigenvalue weighted by Gasteiger charge is -2.13. The first-order valence-corrected chi connectivity index (χ1v) is 7.02. The topological polar surface area (TPSA) is 73.0 Å². The normalized spacial score (nSPS) is 22.2. The Morgan fingerprint density at radius 3 is 2.85 bits per heavy atom. The molecule has 1 fully saturated rings. The highest BCUT2D eigenvalue weighted by Crippen LogP contribution is 2.16. The first-order chi connectivity index (χ1) is 9.83. The molecule has 1 aromatic carbocycles. The lowest BCUT2D eigenvalue weighted by Crippen LogP contribution is -2.30. The van der Waals surface area contributed by atoms with Crippen LogP contribution < -0.4 is 10.6 Å². The predicted molar refractivity (Wildman–Crippen MR) is 78.1 cm³/mol. The van der Waals surface area contributed by atoms with E-state index in [1.165, 1.54) is 0 Å². The second-order valence-electron chi connectivity index (χ2n) is 5.26. The Bertz CT molecular complexity index is 540. The fourth-order valence-electron chi connectivity index (χ4n) is 2.53. The van der Waals surface area contributed by atoms with Crippen molar-refractivity contribution in [3.8, 4) is 11.3 Å². The van der Waals surface area contributed by atoms with Crippen molar-refractivity contribution >= 4 is 0 Å². The summed E-state index contributed by atoms with van der Waals surface area (Å²) in [6, 6.07) is 12.2. The van der Waals surface area contributed by atoms with Crippen LogP contribution in [0.15, 0.2) is 36.4 Å². The van der Waals surface area contributed by atoms with Gasteiger partial charge in [-0.15, -0.1) is 0 Å². The smallest absolute Gasteiger partial charge is 0.0924 e. The van der Waals surface area contributed by atoms with Gasteiger partial charge in [0.2, 0.25) is 0 Å². The first-order valence-electron chi connectivity index (χ1n) is 7.02. The SMILES string of the molecule is OC1CNCC1CNCc1cc(-c2ccccc2)n[nH]1. The molecule has 5 nitrogen and oxygen atoms in total. The van der Waals surface area contributed by atoms with Gasteiger partial charge in [0.05, 0.1) is 11.8 Å². The van der Waals surface area contributed by atoms with Crippen LogP contribution in [-0.2, 0) is 6.54 Å². The van der Waals surface area contributed by atoms with E-state index in [-0.39, 0.29) is 6.10 Å². The molecule has 1 aliphatic heterocycles. The monoisotopic (exact) mass is 272 g/mol. The molecule has 0 bridgehead atoms. The average molecular weight is 272 g/mol. The molecule has 2 aromatic rings. The third-order valence-electron chi connectivity index (χ3n) is 3.73. The minimum Gasteiger partial charge on any atom is -0.391 e. The van der Waals surface area contributed by atoms with E-state index in [2.05, 4.69) is 26.9 Å². The molecule has 0 spiro atoms. The highest BCUT2D eigenvalue weighted by Gasteiger charge is 2.24. The standard InChI is InChI=1S/C15H20N4O/c20-15-10-17-8-12(15)7-16-9-13-6-14(19-18-13)11-4-2-1-3-5-11/h1-6,12,15-17,20H,7-10H2,(H,18,19). The van der Waals surface area contributed by atoms with Crippen LogP contribution in [0.25, 0.3) is 11.3 Å². The fraction of sp³-hybridized carbons (Fsp3) is 0.400. The van der Waals surface area contributed by atoms with Crippen LogP contribution in [0.3, 0.4) is 0 Å². The molecule has 0 amide bonds. The zero-order chi connectivity index (χ0) is 13.8. The second kappa shape index (κ2) is 6.17. The van der Waals surface area contributed by atoms with E-state index in [4.69, 9.17) is 0 Å². The zero-order valence-electron chi connectivity index (χ0n) is 11.3. The molecule has 20 heavy (non-hydrogen) atoms. The molecular formula is C15H20N4O. The number of aromatic amines is 1. The predicted octanol–water partition coefficient (Wildman–Crippen LogP) is 0.747. The fourth-order valence-corrected chi connectivity index (χ4v) is 2.53. The summed E-state index contributed by atoms with van der Waals surface area (Å²) in [5.74, 6) is 0.298. The summed E-state index contributed by atoms with van der Waals surface area (Å²) in [5.41, 5.74) is 3.14. The van der Waals surface area contributed by atoms with Gasteiger partial charge >= 0.3 is 0 Å². The van der Waals surface area contributed by atoms with E-state index < -0.39 is 0 Å². The molecule has 1 saturated heterocycles. The summed E-state index contributed by atoms with van der Waals surface area (Å²) < 4.78 is 0. The van der Waals surface area contributed by atoms with Gasteiger partial charge in [-0.2, -0.15) is 5.10 Å². The number of nitrogens with zero attached hydrogens (tertiary/aromatic N) is 1. The van der Waals surface area contributed by atoms with E-state index in [0.29, 0.717) is 12.5 Å². The largest absolute Gasteiger partial charge is 0.391 e. The van der Waals surface area contributed by atoms with Crippen LogP contribution in [0.4, 0.5) is 0 Å². The number of rotatable bonds is 5. The van der Waals surface area contributed by atoms with Gasteiger partial charge in [0.1, 0.15) is 0 Å². The maximum Gasteiger partial charge on any atom is 0.0924 e. The number of nitrogens with one attached hydrogen (secondary N) is 3. The molecule has 1 aromatic heterocycles. The molecule has 2 atom stereocenters. The third kappa shape index (κ3) is 3.07. The van der Waals surface area contributed by atoms with Crippen LogP contribution in [0.1, 0.15) is 5.69 Å². The van der Waals surface area contributed by atoms with Crippen molar-refractivity contribution in [2.45, 2.75) is 12.6 Å². The summed E-state index contributed by atoms with van der Waals surface area (Å²) in [5, 5.41) is 23.6. The van der Waals surface area contributed by atoms with Crippen molar-refractivity contribution in [1.82, 2.24) is 20.8 Å². The van der Waals surface area contributed by atoms with Crippen LogP contribution in [0, 0.1) is 5.92 Å². The van der Waals surface area contributed by atoms with Crippen LogP contribution >= 0.6 is 0 Å². The minimum absolute atomic E-state index is 0.232. The summed E-state index contributed by atoms with van der Waals surface area (Å²) in [7, 11) is 0. The molecule has 0 radical (unpaired) electrons. The first kappa shape index (κ1) is 13.3. The van der Waals surface area contributed by atoms with E-state index in [1.54, 1.807) is 0 Å². The van der Waals surface area contributed by atoms with Crippen LogP contribution in [0.2, 0.25) is 0 Å². The maximum atomic E-state index is 9.72. The minimum atomic E-state index is -0.232. The molecule has 1 aliphatic rings. The van der Waals surface area contributed by atoms with Crippen molar-refractivity contribution in [2.24, 2.45) is 5.92 Å². The molecule has 3 rings (SSSR count). The molecule has 5 heteroatoms. The van der Waals surface area contributed by atoms with Gasteiger partial charge in [-0.25, -0.2) is 0 Å². The lowest BCUT2D eigenvalue weighted by atomic mass is 10.1. The number of β-amino-alcohol motifs (C(OH)–C–C–N with tert-alkyl or cyclic N) is 1. The Morgan fingerprint density at radius 2 is 2.10 bits per heavy atom. The quantitative estimate of drug-likeness (QED) is 0.648. The van der Waals surface area contributed by atoms with E-state index in [9.17, 15) is 5.11 Å². The Morgan fingerprint density at radius 1 is 1.25 bits per heavy atom. The number of benzene rings is 1. The molecule has 106 valence electrons. The molecule has 2 unspecified atom stereocenters. The number of aromatic nitrogens is 2. The number of hydrogen-bond acceptors (Lipinski definition) is 4. The summed E-state index contributed by atoms with van der Waals surface area (Å²) in [6.07, 6.45) is -0.232. The molecule has 4 N–H and O–H groups in total. The van der Waals surface area contributed by atoms with E-state index in [0.717, 1.165) is 36.6 Å². The number of hydrogen-bond donors (Lipinski definition) is 4. The zero-order valence-corrected chi connectivity index (χ0v) is 11.3. The van der Waals surface area contributed by atoms with Crippen molar-refractivity contribution in [3.05, 3.63) is 42.1 Å². The number of aliphatic hydroxyl groups is 1. The van der Waals surface area contributed by atoms with Gasteiger partial charge in [0.15, 0.2) is 0 Å². The van der Waals surface area contributed by atoms with Gasteiger partial charge in [0, 0.05) is 43.4 Å². The van der Waals surface area contributed by atoms with Crippen molar-refractivity contribution < 1.29 is 5.11 Å². The van der Waals surface area contributed by atoms with Gasteiger partial charge in [0.25, 0.3) is 0 Å². The second-order valence-corrected chi connectivity index (χ2v) is 5.26. The average Bonchev–Trinajstić information content (AvgIpc) is 3.10. The van der Waals surface area contributed by atoms with Crippen molar-refractivity contribution in [3.63, 3.8) is 0 Å². The Hall–Kier alpha value is -1.69. The molecular weight excluding hydrogens is 252 g/mol. The Balaban J connectivity index is 1.53. The Labute approximate surface area is 118 Å². The maximum absolute atomic E-state index is 9.72. The van der Waals surface area contributed by atoms with Gasteiger partial charge in [-0.05, 0) is 6.07 Å². The third-order valence-corrected chi connectivity index (χ3v) is 3.73. The lowest BCUT2D eigenvalue weighted by molar-refractivity contribution is 0.146. The molecule has 2 heterocycles. The van der Waals surface area contributed by atoms with Crippen LogP contribution in [-0.4, -0.2) is 41.0 Å². The van der Waals surface area contributed by atoms with E-state index in [1.807, 2.05) is 30.3 Å². The summed E-state index contributed by atoms with van der Waals surface area (Å²) >= 11 is 0. The summed E-state index contributed by atoms with van der Waals surface area (Å²) in [4.78, 5) is 0. The van der Waals surface area contributed by atoms with Crippen LogP contribution in [0.5, 0.6) is 0 Å². The van der Waals surface area contributed by atoms with E-state index >= 15 is 0 Å². The van der Waals surface area contributed by atoms with Crippen molar-refractivity contribution in [1.29, 1.82) is 0 Å². The number of H-pyrrole nitrogens is 1. The van der Waals surface area contributed by atoms with Crippen molar-refractivity contribution in [2.75, 3.05) is 19.6 Å². The van der Waals surface area contributed by atoms with Gasteiger partial charge in [-0.1, -0.05) is 30.3 Å². The molecule has 0 aliphatic carbocycles. The molecule has 0 saturated carbocycles. The van der Waals surface area contributed by atoms with Gasteiger partial charge < -0.3 is 15.7 Å². The highest BCUT2D eigenvalue weighted by atomic mass is 16.3. The summed E-state index contributed by atoms with van der Waals surface area (Å²) in [6.45, 7) is 3.14. The highest BCUT2D eigenvalue weighted by molar-refractivity contribution is 5.58.